The third kappa shape index (κ3) is 2.48. The molecular formula is C15H30O3Si2. The van der Waals surface area contributed by atoms with Crippen molar-refractivity contribution in [1.29, 1.82) is 0 Å². The van der Waals surface area contributed by atoms with Crippen LogP contribution in [0, 0.1) is 0 Å². The first kappa shape index (κ1) is 16.4. The second-order valence-electron chi connectivity index (χ2n) is 6.91. The second-order valence-corrected chi connectivity index (χ2v) is 13.8. The lowest BCUT2D eigenvalue weighted by Gasteiger charge is -2.59. The minimum atomic E-state index is -2.51. The molecular weight excluding hydrogens is 284 g/mol. The molecule has 0 aromatic rings. The molecule has 2 heterocycles. The van der Waals surface area contributed by atoms with E-state index in [1.807, 2.05) is 13.1 Å². The molecule has 3 atom stereocenters. The van der Waals surface area contributed by atoms with Crippen molar-refractivity contribution in [3.05, 3.63) is 12.3 Å². The summed E-state index contributed by atoms with van der Waals surface area (Å²) in [5.74, 6) is 0. The summed E-state index contributed by atoms with van der Waals surface area (Å²) in [5, 5.41) is -0.684. The maximum absolute atomic E-state index is 11.1. The molecule has 0 aromatic heterocycles. The van der Waals surface area contributed by atoms with Gasteiger partial charge in [0.2, 0.25) is 8.32 Å². The highest BCUT2D eigenvalue weighted by molar-refractivity contribution is 6.77. The van der Waals surface area contributed by atoms with Crippen molar-refractivity contribution in [1.82, 2.24) is 0 Å². The lowest BCUT2D eigenvalue weighted by atomic mass is 9.96. The van der Waals surface area contributed by atoms with E-state index in [-0.39, 0.29) is 5.22 Å². The monoisotopic (exact) mass is 314 g/mol. The molecule has 20 heavy (non-hydrogen) atoms. The van der Waals surface area contributed by atoms with Crippen molar-refractivity contribution in [3.63, 3.8) is 0 Å². The first-order valence-electron chi connectivity index (χ1n) is 8.02. The summed E-state index contributed by atoms with van der Waals surface area (Å²) in [4.78, 5) is 11.1. The molecule has 1 N–H and O–H groups in total. The van der Waals surface area contributed by atoms with Gasteiger partial charge in [0.15, 0.2) is 0 Å². The van der Waals surface area contributed by atoms with Crippen LogP contribution in [-0.2, 0) is 9.47 Å². The first-order valence-corrected chi connectivity index (χ1v) is 13.4. The van der Waals surface area contributed by atoms with E-state index in [2.05, 4.69) is 18.8 Å². The van der Waals surface area contributed by atoms with Crippen LogP contribution < -0.4 is 0 Å². The predicted molar refractivity (Wildman–Crippen MR) is 88.0 cm³/mol. The average molecular weight is 315 g/mol. The third-order valence-corrected chi connectivity index (χ3v) is 11.5. The fraction of sp³-hybridized carbons (Fsp3) is 0.867. The van der Waals surface area contributed by atoms with Crippen LogP contribution >= 0.6 is 0 Å². The summed E-state index contributed by atoms with van der Waals surface area (Å²) in [6, 6.07) is 0. The summed E-state index contributed by atoms with van der Waals surface area (Å²) >= 11 is 0. The minimum absolute atomic E-state index is 0.252. The van der Waals surface area contributed by atoms with Gasteiger partial charge in [-0.3, -0.25) is 0 Å². The van der Waals surface area contributed by atoms with Gasteiger partial charge in [0.1, 0.15) is 5.22 Å². The highest BCUT2D eigenvalue weighted by Crippen LogP contribution is 2.48. The van der Waals surface area contributed by atoms with E-state index in [1.165, 1.54) is 6.42 Å². The van der Waals surface area contributed by atoms with Crippen LogP contribution in [0.3, 0.4) is 0 Å². The lowest BCUT2D eigenvalue weighted by Crippen LogP contribution is -2.76. The number of rotatable bonds is 4. The first-order chi connectivity index (χ1) is 9.40. The molecule has 0 spiro atoms. The molecule has 0 bridgehead atoms. The Morgan fingerprint density at radius 3 is 2.10 bits per heavy atom. The molecule has 2 aliphatic heterocycles. The van der Waals surface area contributed by atoms with Crippen LogP contribution in [0.25, 0.3) is 0 Å². The normalized spacial score (nSPS) is 37.4. The Morgan fingerprint density at radius 2 is 1.70 bits per heavy atom. The fourth-order valence-electron chi connectivity index (χ4n) is 4.18. The maximum atomic E-state index is 11.1. The van der Waals surface area contributed by atoms with Gasteiger partial charge in [-0.05, 0) is 51.6 Å². The largest absolute Gasteiger partial charge is 0.429 e. The molecule has 3 unspecified atom stereocenters. The Bertz CT molecular complexity index is 340. The van der Waals surface area contributed by atoms with Crippen molar-refractivity contribution in [2.75, 3.05) is 13.2 Å². The Hall–Kier alpha value is 0.0538. The van der Waals surface area contributed by atoms with Crippen LogP contribution in [0.15, 0.2) is 12.3 Å². The Kier molecular flexibility index (Phi) is 4.96. The van der Waals surface area contributed by atoms with Gasteiger partial charge in [-0.25, -0.2) is 0 Å². The fourth-order valence-corrected chi connectivity index (χ4v) is 10.8. The molecule has 0 aromatic carbocycles. The van der Waals surface area contributed by atoms with Gasteiger partial charge < -0.3 is 14.3 Å². The summed E-state index contributed by atoms with van der Waals surface area (Å²) in [6.07, 6.45) is 6.54. The van der Waals surface area contributed by atoms with Crippen LogP contribution in [0.4, 0.5) is 0 Å². The summed E-state index contributed by atoms with van der Waals surface area (Å²) in [5.41, 5.74) is 2.12. The molecule has 0 aliphatic carbocycles. The zero-order valence-corrected chi connectivity index (χ0v) is 15.4. The molecule has 116 valence electrons. The van der Waals surface area contributed by atoms with Gasteiger partial charge in [0.05, 0.1) is 14.0 Å². The van der Waals surface area contributed by atoms with Gasteiger partial charge in [-0.15, -0.1) is 12.3 Å². The molecule has 2 rings (SSSR count). The highest BCUT2D eigenvalue weighted by atomic mass is 28.4. The molecule has 2 aliphatic rings. The van der Waals surface area contributed by atoms with Crippen LogP contribution in [-0.4, -0.2) is 45.6 Å². The predicted octanol–water partition coefficient (Wildman–Crippen LogP) is 2.72. The summed E-state index contributed by atoms with van der Waals surface area (Å²) < 4.78 is 12.8. The van der Waals surface area contributed by atoms with Gasteiger partial charge in [0, 0.05) is 13.2 Å². The zero-order valence-electron chi connectivity index (χ0n) is 13.3. The summed E-state index contributed by atoms with van der Waals surface area (Å²) in [7, 11) is -3.85. The van der Waals surface area contributed by atoms with Crippen molar-refractivity contribution in [3.8, 4) is 0 Å². The van der Waals surface area contributed by atoms with E-state index in [4.69, 9.17) is 9.47 Å². The third-order valence-electron chi connectivity index (χ3n) is 5.33. The molecule has 2 saturated heterocycles. The highest BCUT2D eigenvalue weighted by Gasteiger charge is 2.64. The van der Waals surface area contributed by atoms with Gasteiger partial charge >= 0.3 is 0 Å². The van der Waals surface area contributed by atoms with Gasteiger partial charge in [-0.2, -0.15) is 0 Å². The Balaban J connectivity index is 2.49. The maximum Gasteiger partial charge on any atom is 0.217 e. The molecule has 0 amide bonds. The SMILES string of the molecule is C=C[SiH](C)C1(C2([Si](C)(C)O)CCCCO2)CCCCO1. The average Bonchev–Trinajstić information content (AvgIpc) is 2.46. The molecule has 2 fully saturated rings. The number of hydrogen-bond acceptors (Lipinski definition) is 3. The molecule has 5 heteroatoms. The van der Waals surface area contributed by atoms with E-state index in [0.29, 0.717) is 0 Å². The van der Waals surface area contributed by atoms with Crippen molar-refractivity contribution in [2.45, 2.75) is 68.6 Å². The second kappa shape index (κ2) is 6.04. The van der Waals surface area contributed by atoms with Gasteiger partial charge in [-0.1, -0.05) is 6.55 Å². The van der Waals surface area contributed by atoms with Crippen LogP contribution in [0.1, 0.15) is 38.5 Å². The Labute approximate surface area is 126 Å². The number of hydrogen-bond donors (Lipinski definition) is 1. The van der Waals surface area contributed by atoms with E-state index < -0.39 is 22.3 Å². The molecule has 3 nitrogen and oxygen atoms in total. The van der Waals surface area contributed by atoms with Crippen LogP contribution in [0.2, 0.25) is 19.6 Å². The van der Waals surface area contributed by atoms with Crippen molar-refractivity contribution < 1.29 is 14.3 Å². The Morgan fingerprint density at radius 1 is 1.10 bits per heavy atom. The topological polar surface area (TPSA) is 38.7 Å². The van der Waals surface area contributed by atoms with E-state index in [9.17, 15) is 4.80 Å². The quantitative estimate of drug-likeness (QED) is 0.811. The number of ether oxygens (including phenoxy) is 2. The summed E-state index contributed by atoms with van der Waals surface area (Å²) in [6.45, 7) is 12.0. The van der Waals surface area contributed by atoms with E-state index in [0.717, 1.165) is 45.3 Å². The van der Waals surface area contributed by atoms with Crippen molar-refractivity contribution >= 4 is 17.1 Å². The molecule has 0 radical (unpaired) electrons. The van der Waals surface area contributed by atoms with E-state index >= 15 is 0 Å². The molecule has 0 saturated carbocycles. The zero-order chi connectivity index (χ0) is 14.9. The standard InChI is InChI=1S/C15H30O3Si2/c1-5-19(2)14(10-6-8-12-17-14)15(20(3,4)16)11-7-9-13-18-15/h5,16,19H,1,6-13H2,2-4H3. The van der Waals surface area contributed by atoms with E-state index in [1.54, 1.807) is 0 Å². The van der Waals surface area contributed by atoms with Crippen molar-refractivity contribution in [2.24, 2.45) is 0 Å². The van der Waals surface area contributed by atoms with Crippen LogP contribution in [0.5, 0.6) is 0 Å². The lowest BCUT2D eigenvalue weighted by molar-refractivity contribution is -0.171. The minimum Gasteiger partial charge on any atom is -0.429 e. The smallest absolute Gasteiger partial charge is 0.217 e. The van der Waals surface area contributed by atoms with Gasteiger partial charge in [0.25, 0.3) is 0 Å².